The van der Waals surface area contributed by atoms with Crippen molar-refractivity contribution in [2.45, 2.75) is 241 Å². The standard InChI is InChI=1S/C42H48O3.C33H42O2.C23H38O3/c1-5-7-15-31(3)28-41(45-38-25-24-36-29-35(32(4)6-2)22-23-37(36)30-38)43-26-27-44-42-39(33-16-10-8-11-17-33)20-14-21-40(42)34-18-12-9-13-19-34;1-3-26(2)28-19-21-31(22-20-28)35-33(34-24-23-27-13-7-4-8-14-27)25-32(29-15-9-5-10-16-29)30-17-11-6-12-18-30;1-7-18(4)19-10-12-20(13-11-19)26-22(25-16-17(2)3)15-23(5,6)21-9-8-14-24-21/h8-14,16-25,29-32,41H,5-7,15,26-28H2,1-4H3;5-6,9-12,15-22,26-27,32-33H,3-4,7-8,13-14,23-25H2,1-2H3;10-13,17-18,21-22H,7-9,14-16H2,1-6H3. The molecule has 8 atom stereocenters. The lowest BCUT2D eigenvalue weighted by Gasteiger charge is -2.34. The van der Waals surface area contributed by atoms with Gasteiger partial charge in [-0.05, 0) is 166 Å². The van der Waals surface area contributed by atoms with Crippen LogP contribution >= 0.6 is 0 Å². The Hall–Kier alpha value is -7.72. The smallest absolute Gasteiger partial charge is 0.200 e. The number of fused-ring (bicyclic) bond motifs is 1. The van der Waals surface area contributed by atoms with E-state index in [1.54, 1.807) is 0 Å². The summed E-state index contributed by atoms with van der Waals surface area (Å²) < 4.78 is 50.9. The Morgan fingerprint density at radius 1 is 0.434 bits per heavy atom. The molecule has 9 aromatic carbocycles. The van der Waals surface area contributed by atoms with Crippen molar-refractivity contribution >= 4 is 10.8 Å². The SMILES string of the molecule is CCC(C)c1ccc(OC(CC(C)(C)C2CCCO2)OCC(C)C)cc1.CCC(C)c1ccc(OC(CC(c2ccccc2)c2ccccc2)OCCC2CCCCC2)cc1.CCCCC(C)CC(OCCOc1c(-c2ccccc2)cccc1-c1ccccc1)Oc1ccc2cc(C(C)CC)ccc2c1. The third kappa shape index (κ3) is 26.3. The molecule has 0 spiro atoms. The van der Waals surface area contributed by atoms with Crippen molar-refractivity contribution in [3.8, 4) is 45.3 Å². The van der Waals surface area contributed by atoms with E-state index in [2.05, 4.69) is 295 Å². The Balaban J connectivity index is 0.000000191. The minimum atomic E-state index is -0.352. The van der Waals surface area contributed by atoms with Gasteiger partial charge in [-0.2, -0.15) is 0 Å². The van der Waals surface area contributed by atoms with E-state index in [1.807, 2.05) is 12.1 Å². The molecule has 1 heterocycles. The highest BCUT2D eigenvalue weighted by Gasteiger charge is 2.36. The van der Waals surface area contributed by atoms with E-state index in [9.17, 15) is 0 Å². The Morgan fingerprint density at radius 2 is 0.925 bits per heavy atom. The maximum atomic E-state index is 6.56. The van der Waals surface area contributed by atoms with E-state index in [-0.39, 0.29) is 30.2 Å². The summed E-state index contributed by atoms with van der Waals surface area (Å²) in [5.41, 5.74) is 11.2. The maximum absolute atomic E-state index is 6.56. The summed E-state index contributed by atoms with van der Waals surface area (Å²) in [6.45, 7) is 30.1. The van der Waals surface area contributed by atoms with Crippen LogP contribution in [0.2, 0.25) is 0 Å². The second-order valence-corrected chi connectivity index (χ2v) is 31.3. The molecule has 8 heteroatoms. The number of ether oxygens (including phenoxy) is 8. The van der Waals surface area contributed by atoms with Crippen LogP contribution in [0.15, 0.2) is 224 Å². The fourth-order valence-electron chi connectivity index (χ4n) is 14.6. The predicted octanol–water partition coefficient (Wildman–Crippen LogP) is 27.0. The minimum absolute atomic E-state index is 0.0365. The fraction of sp³-hybridized carbons (Fsp3) is 0.469. The first-order valence-corrected chi connectivity index (χ1v) is 40.8. The number of hydrogen-bond donors (Lipinski definition) is 0. The molecule has 106 heavy (non-hydrogen) atoms. The van der Waals surface area contributed by atoms with Gasteiger partial charge in [-0.15, -0.1) is 0 Å². The summed E-state index contributed by atoms with van der Waals surface area (Å²) in [5, 5.41) is 2.43. The van der Waals surface area contributed by atoms with Gasteiger partial charge in [0.15, 0.2) is 12.6 Å². The second-order valence-electron chi connectivity index (χ2n) is 31.3. The molecular weight excluding hydrogens is 1310 g/mol. The molecule has 1 saturated heterocycles. The zero-order valence-corrected chi connectivity index (χ0v) is 66.5. The van der Waals surface area contributed by atoms with E-state index in [1.165, 1.54) is 83.5 Å². The zero-order chi connectivity index (χ0) is 74.9. The summed E-state index contributed by atoms with van der Waals surface area (Å²) in [5.74, 6) is 7.19. The number of unbranched alkanes of at least 4 members (excludes halogenated alkanes) is 1. The van der Waals surface area contributed by atoms with Crippen LogP contribution in [-0.4, -0.2) is 58.0 Å². The van der Waals surface area contributed by atoms with Crippen LogP contribution in [0.1, 0.15) is 244 Å². The summed E-state index contributed by atoms with van der Waals surface area (Å²) in [6, 6.07) is 79.0. The van der Waals surface area contributed by atoms with Gasteiger partial charge in [-0.25, -0.2) is 0 Å². The van der Waals surface area contributed by atoms with Gasteiger partial charge in [0.1, 0.15) is 29.6 Å². The zero-order valence-electron chi connectivity index (χ0n) is 66.5. The first kappa shape index (κ1) is 82.3. The molecular formula is C98H128O8. The average Bonchev–Trinajstić information content (AvgIpc) is 1.01. The summed E-state index contributed by atoms with van der Waals surface area (Å²) in [7, 11) is 0. The molecule has 0 amide bonds. The van der Waals surface area contributed by atoms with E-state index in [0.717, 1.165) is 129 Å². The van der Waals surface area contributed by atoms with Crippen LogP contribution in [0.25, 0.3) is 33.0 Å². The van der Waals surface area contributed by atoms with Gasteiger partial charge in [-0.1, -0.05) is 323 Å². The van der Waals surface area contributed by atoms with Crippen molar-refractivity contribution in [1.82, 2.24) is 0 Å². The number of rotatable bonds is 38. The molecule has 0 aromatic heterocycles. The van der Waals surface area contributed by atoms with Crippen molar-refractivity contribution in [3.05, 3.63) is 252 Å². The second kappa shape index (κ2) is 43.9. The fourth-order valence-corrected chi connectivity index (χ4v) is 14.6. The normalized spacial score (nSPS) is 16.0. The molecule has 9 aromatic rings. The van der Waals surface area contributed by atoms with Crippen molar-refractivity contribution in [2.24, 2.45) is 23.2 Å². The van der Waals surface area contributed by atoms with Gasteiger partial charge in [0.2, 0.25) is 6.29 Å². The molecule has 2 fully saturated rings. The molecule has 11 rings (SSSR count). The van der Waals surface area contributed by atoms with E-state index in [4.69, 9.17) is 37.9 Å². The lowest BCUT2D eigenvalue weighted by molar-refractivity contribution is -0.124. The van der Waals surface area contributed by atoms with Crippen molar-refractivity contribution in [2.75, 3.05) is 33.0 Å². The molecule has 2 aliphatic rings. The summed E-state index contributed by atoms with van der Waals surface area (Å²) in [4.78, 5) is 0. The third-order valence-corrected chi connectivity index (χ3v) is 21.9. The molecule has 1 aliphatic heterocycles. The summed E-state index contributed by atoms with van der Waals surface area (Å²) in [6.07, 6.45) is 19.1. The van der Waals surface area contributed by atoms with Crippen molar-refractivity contribution < 1.29 is 37.9 Å². The average molecular weight is 1430 g/mol. The third-order valence-electron chi connectivity index (χ3n) is 21.9. The lowest BCUT2D eigenvalue weighted by atomic mass is 9.81. The minimum Gasteiger partial charge on any atom is -0.490 e. The van der Waals surface area contributed by atoms with E-state index < -0.39 is 0 Å². The highest BCUT2D eigenvalue weighted by molar-refractivity contribution is 5.85. The van der Waals surface area contributed by atoms with Crippen LogP contribution in [0.5, 0.6) is 23.0 Å². The molecule has 568 valence electrons. The summed E-state index contributed by atoms with van der Waals surface area (Å²) >= 11 is 0. The van der Waals surface area contributed by atoms with Crippen molar-refractivity contribution in [3.63, 3.8) is 0 Å². The van der Waals surface area contributed by atoms with E-state index in [0.29, 0.717) is 55.5 Å². The van der Waals surface area contributed by atoms with Gasteiger partial charge in [0.05, 0.1) is 25.9 Å². The Bertz CT molecular complexity index is 3750. The topological polar surface area (TPSA) is 73.8 Å². The van der Waals surface area contributed by atoms with Gasteiger partial charge in [-0.3, -0.25) is 0 Å². The van der Waals surface area contributed by atoms with E-state index >= 15 is 0 Å². The Morgan fingerprint density at radius 3 is 1.46 bits per heavy atom. The van der Waals surface area contributed by atoms with Gasteiger partial charge < -0.3 is 37.9 Å². The first-order chi connectivity index (χ1) is 51.6. The first-order valence-electron chi connectivity index (χ1n) is 40.8. The quantitative estimate of drug-likeness (QED) is 0.0280. The van der Waals surface area contributed by atoms with Gasteiger partial charge in [0.25, 0.3) is 0 Å². The van der Waals surface area contributed by atoms with Crippen LogP contribution in [0.3, 0.4) is 0 Å². The molecule has 8 unspecified atom stereocenters. The predicted molar refractivity (Wildman–Crippen MR) is 443 cm³/mol. The molecule has 0 N–H and O–H groups in total. The van der Waals surface area contributed by atoms with Crippen LogP contribution in [0, 0.1) is 23.2 Å². The number of hydrogen-bond acceptors (Lipinski definition) is 8. The Kier molecular flexibility index (Phi) is 34.1. The van der Waals surface area contributed by atoms with Gasteiger partial charge in [0, 0.05) is 42.9 Å². The van der Waals surface area contributed by atoms with Crippen LogP contribution < -0.4 is 18.9 Å². The molecule has 0 radical (unpaired) electrons. The molecule has 1 saturated carbocycles. The largest absolute Gasteiger partial charge is 0.490 e. The Labute approximate surface area is 639 Å². The van der Waals surface area contributed by atoms with Crippen molar-refractivity contribution in [1.29, 1.82) is 0 Å². The monoisotopic (exact) mass is 1430 g/mol. The molecule has 0 bridgehead atoms. The number of benzene rings is 9. The van der Waals surface area contributed by atoms with Crippen LogP contribution in [0.4, 0.5) is 0 Å². The van der Waals surface area contributed by atoms with Crippen LogP contribution in [-0.2, 0) is 18.9 Å². The molecule has 1 aliphatic carbocycles. The highest BCUT2D eigenvalue weighted by Crippen LogP contribution is 2.41. The highest BCUT2D eigenvalue weighted by atomic mass is 16.7. The lowest BCUT2D eigenvalue weighted by Crippen LogP contribution is -2.36. The number of para-hydroxylation sites is 1. The molecule has 8 nitrogen and oxygen atoms in total. The maximum Gasteiger partial charge on any atom is 0.200 e. The van der Waals surface area contributed by atoms with Gasteiger partial charge >= 0.3 is 0 Å².